The third-order valence-electron chi connectivity index (χ3n) is 2.94. The van der Waals surface area contributed by atoms with Crippen molar-refractivity contribution in [3.05, 3.63) is 34.3 Å². The molecule has 0 spiro atoms. The van der Waals surface area contributed by atoms with Crippen LogP contribution in [0, 0.1) is 5.92 Å². The van der Waals surface area contributed by atoms with Gasteiger partial charge in [0.05, 0.1) is 10.6 Å². The zero-order valence-corrected chi connectivity index (χ0v) is 11.7. The average molecular weight is 302 g/mol. The molecule has 104 valence electrons. The molecule has 1 unspecified atom stereocenters. The van der Waals surface area contributed by atoms with E-state index >= 15 is 0 Å². The maximum absolute atomic E-state index is 12.6. The van der Waals surface area contributed by atoms with Crippen LogP contribution in [0.25, 0.3) is 0 Å². The normalized spacial score (nSPS) is 14.8. The molecule has 0 amide bonds. The predicted molar refractivity (Wildman–Crippen MR) is 70.1 cm³/mol. The summed E-state index contributed by atoms with van der Waals surface area (Å²) in [6, 6.07) is 3.44. The number of benzene rings is 1. The summed E-state index contributed by atoms with van der Waals surface area (Å²) >= 11 is 5.54. The molecule has 1 rings (SSSR count). The first-order valence-electron chi connectivity index (χ1n) is 5.39. The Kier molecular flexibility index (Phi) is 6.47. The Balaban J connectivity index is 0.00000289. The van der Waals surface area contributed by atoms with Crippen molar-refractivity contribution in [2.24, 2.45) is 11.7 Å². The molecule has 0 heterocycles. The van der Waals surface area contributed by atoms with Gasteiger partial charge in [0.15, 0.2) is 0 Å². The fourth-order valence-electron chi connectivity index (χ4n) is 1.55. The number of alkyl halides is 3. The van der Waals surface area contributed by atoms with E-state index in [2.05, 4.69) is 0 Å². The molecule has 0 saturated heterocycles. The van der Waals surface area contributed by atoms with Crippen molar-refractivity contribution in [3.8, 4) is 0 Å². The van der Waals surface area contributed by atoms with Crippen LogP contribution in [-0.4, -0.2) is 0 Å². The maximum atomic E-state index is 12.6. The number of halogens is 5. The van der Waals surface area contributed by atoms with Gasteiger partial charge in [-0.05, 0) is 23.6 Å². The summed E-state index contributed by atoms with van der Waals surface area (Å²) in [6.45, 7) is 3.86. The first-order chi connectivity index (χ1) is 7.77. The minimum Gasteiger partial charge on any atom is -0.324 e. The largest absolute Gasteiger partial charge is 0.417 e. The molecule has 18 heavy (non-hydrogen) atoms. The second-order valence-corrected chi connectivity index (χ2v) is 4.56. The number of hydrogen-bond acceptors (Lipinski definition) is 1. The summed E-state index contributed by atoms with van der Waals surface area (Å²) < 4.78 is 37.9. The molecule has 0 aliphatic carbocycles. The van der Waals surface area contributed by atoms with E-state index in [-0.39, 0.29) is 23.3 Å². The van der Waals surface area contributed by atoms with Crippen molar-refractivity contribution in [1.29, 1.82) is 0 Å². The quantitative estimate of drug-likeness (QED) is 0.850. The van der Waals surface area contributed by atoms with Crippen molar-refractivity contribution in [3.63, 3.8) is 0 Å². The smallest absolute Gasteiger partial charge is 0.324 e. The molecule has 1 nitrogen and oxygen atoms in total. The van der Waals surface area contributed by atoms with E-state index in [4.69, 9.17) is 17.3 Å². The first-order valence-corrected chi connectivity index (χ1v) is 5.77. The molecule has 0 radical (unpaired) electrons. The van der Waals surface area contributed by atoms with Gasteiger partial charge >= 0.3 is 6.18 Å². The highest BCUT2D eigenvalue weighted by molar-refractivity contribution is 6.31. The van der Waals surface area contributed by atoms with Gasteiger partial charge in [0.25, 0.3) is 0 Å². The highest BCUT2D eigenvalue weighted by atomic mass is 35.5. The van der Waals surface area contributed by atoms with Crippen molar-refractivity contribution < 1.29 is 13.2 Å². The Morgan fingerprint density at radius 3 is 2.33 bits per heavy atom. The fourth-order valence-corrected chi connectivity index (χ4v) is 1.77. The van der Waals surface area contributed by atoms with Crippen molar-refractivity contribution in [2.45, 2.75) is 32.5 Å². The summed E-state index contributed by atoms with van der Waals surface area (Å²) in [5, 5.41) is -0.294. The van der Waals surface area contributed by atoms with E-state index in [1.165, 1.54) is 6.07 Å². The third-order valence-corrected chi connectivity index (χ3v) is 3.27. The lowest BCUT2D eigenvalue weighted by atomic mass is 9.92. The summed E-state index contributed by atoms with van der Waals surface area (Å²) in [6.07, 6.45) is -3.63. The van der Waals surface area contributed by atoms with E-state index in [0.717, 1.165) is 12.5 Å². The molecule has 0 saturated carbocycles. The Bertz CT molecular complexity index is 393. The lowest BCUT2D eigenvalue weighted by Crippen LogP contribution is -2.19. The van der Waals surface area contributed by atoms with E-state index in [0.29, 0.717) is 5.56 Å². The van der Waals surface area contributed by atoms with Crippen LogP contribution in [0.1, 0.15) is 37.4 Å². The van der Waals surface area contributed by atoms with Crippen molar-refractivity contribution >= 4 is 24.0 Å². The Morgan fingerprint density at radius 1 is 1.33 bits per heavy atom. The molecular weight excluding hydrogens is 286 g/mol. The summed E-state index contributed by atoms with van der Waals surface area (Å²) in [7, 11) is 0. The molecule has 2 atom stereocenters. The highest BCUT2D eigenvalue weighted by Crippen LogP contribution is 2.36. The SMILES string of the molecule is CCC(C)[C@H](N)c1ccc(Cl)c(C(F)(F)F)c1.Cl. The molecule has 0 aliphatic rings. The number of hydrogen-bond donors (Lipinski definition) is 1. The van der Waals surface area contributed by atoms with Gasteiger partial charge < -0.3 is 5.73 Å². The monoisotopic (exact) mass is 301 g/mol. The van der Waals surface area contributed by atoms with E-state index in [9.17, 15) is 13.2 Å². The Labute approximate surface area is 116 Å². The molecule has 1 aromatic rings. The Hall–Kier alpha value is -0.450. The highest BCUT2D eigenvalue weighted by Gasteiger charge is 2.33. The van der Waals surface area contributed by atoms with Gasteiger partial charge in [0, 0.05) is 6.04 Å². The van der Waals surface area contributed by atoms with Crippen LogP contribution in [0.2, 0.25) is 5.02 Å². The second kappa shape index (κ2) is 6.64. The van der Waals surface area contributed by atoms with E-state index in [1.54, 1.807) is 6.07 Å². The van der Waals surface area contributed by atoms with Gasteiger partial charge in [-0.1, -0.05) is 37.9 Å². The number of rotatable bonds is 3. The number of nitrogens with two attached hydrogens (primary N) is 1. The van der Waals surface area contributed by atoms with Crippen LogP contribution in [0.5, 0.6) is 0 Å². The first kappa shape index (κ1) is 17.6. The summed E-state index contributed by atoms with van der Waals surface area (Å²) in [5.41, 5.74) is 5.55. The lowest BCUT2D eigenvalue weighted by molar-refractivity contribution is -0.137. The van der Waals surface area contributed by atoms with E-state index < -0.39 is 17.8 Å². The lowest BCUT2D eigenvalue weighted by Gasteiger charge is -2.20. The molecule has 0 fully saturated rings. The summed E-state index contributed by atoms with van der Waals surface area (Å²) in [5.74, 6) is 0.122. The van der Waals surface area contributed by atoms with Gasteiger partial charge in [-0.25, -0.2) is 0 Å². The van der Waals surface area contributed by atoms with Crippen LogP contribution in [0.15, 0.2) is 18.2 Å². The fraction of sp³-hybridized carbons (Fsp3) is 0.500. The van der Waals surface area contributed by atoms with Crippen molar-refractivity contribution in [2.75, 3.05) is 0 Å². The minimum atomic E-state index is -4.44. The maximum Gasteiger partial charge on any atom is 0.417 e. The topological polar surface area (TPSA) is 26.0 Å². The molecule has 0 bridgehead atoms. The van der Waals surface area contributed by atoms with Crippen molar-refractivity contribution in [1.82, 2.24) is 0 Å². The Morgan fingerprint density at radius 2 is 1.89 bits per heavy atom. The summed E-state index contributed by atoms with van der Waals surface area (Å²) in [4.78, 5) is 0. The van der Waals surface area contributed by atoms with Gasteiger partial charge in [-0.3, -0.25) is 0 Å². The van der Waals surface area contributed by atoms with Gasteiger partial charge in [-0.2, -0.15) is 13.2 Å². The third kappa shape index (κ3) is 4.04. The molecule has 6 heteroatoms. The zero-order chi connectivity index (χ0) is 13.2. The van der Waals surface area contributed by atoms with Crippen LogP contribution >= 0.6 is 24.0 Å². The van der Waals surface area contributed by atoms with Gasteiger partial charge in [0.2, 0.25) is 0 Å². The molecule has 2 N–H and O–H groups in total. The average Bonchev–Trinajstić information content (AvgIpc) is 2.26. The second-order valence-electron chi connectivity index (χ2n) is 4.15. The van der Waals surface area contributed by atoms with Gasteiger partial charge in [0.1, 0.15) is 0 Å². The van der Waals surface area contributed by atoms with Crippen LogP contribution < -0.4 is 5.73 Å². The molecule has 0 aliphatic heterocycles. The van der Waals surface area contributed by atoms with Crippen LogP contribution in [0.4, 0.5) is 13.2 Å². The van der Waals surface area contributed by atoms with E-state index in [1.807, 2.05) is 13.8 Å². The predicted octanol–water partition coefficient (Wildman–Crippen LogP) is 4.83. The molecule has 1 aromatic carbocycles. The standard InChI is InChI=1S/C12H15ClF3N.ClH/c1-3-7(2)11(17)8-4-5-10(13)9(6-8)12(14,15)16;/h4-7,11H,3,17H2,1-2H3;1H/t7?,11-;/m0./s1. The molecular formula is C12H16Cl2F3N. The minimum absolute atomic E-state index is 0. The van der Waals surface area contributed by atoms with Gasteiger partial charge in [-0.15, -0.1) is 12.4 Å². The van der Waals surface area contributed by atoms with Crippen LogP contribution in [-0.2, 0) is 6.18 Å². The molecule has 0 aromatic heterocycles. The zero-order valence-electron chi connectivity index (χ0n) is 10.1. The van der Waals surface area contributed by atoms with Crippen LogP contribution in [0.3, 0.4) is 0 Å².